The van der Waals surface area contributed by atoms with Crippen LogP contribution in [0.3, 0.4) is 0 Å². The number of aromatic amines is 2. The molecule has 5 heterocycles. The zero-order valence-electron chi connectivity index (χ0n) is 26.0. The Morgan fingerprint density at radius 2 is 1.56 bits per heavy atom. The topological polar surface area (TPSA) is 165 Å². The Morgan fingerprint density at radius 1 is 0.938 bits per heavy atom. The van der Waals surface area contributed by atoms with Crippen LogP contribution >= 0.6 is 12.4 Å². The number of halogens is 1. The number of nitrogens with zero attached hydrogens (tertiary/aromatic N) is 4. The van der Waals surface area contributed by atoms with Gasteiger partial charge in [-0.3, -0.25) is 4.79 Å². The maximum Gasteiger partial charge on any atom is 0.404 e. The second-order valence-electron chi connectivity index (χ2n) is 12.9. The smallest absolute Gasteiger partial charge is 0.404 e. The molecule has 0 saturated carbocycles. The lowest BCUT2D eigenvalue weighted by Gasteiger charge is -2.31. The molecule has 3 aliphatic rings. The lowest BCUT2D eigenvalue weighted by atomic mass is 9.79. The molecule has 1 aliphatic carbocycles. The van der Waals surface area contributed by atoms with Gasteiger partial charge in [0.15, 0.2) is 0 Å². The summed E-state index contributed by atoms with van der Waals surface area (Å²) in [5.41, 5.74) is 8.14. The summed E-state index contributed by atoms with van der Waals surface area (Å²) in [5.74, 6) is 1.08. The number of nitriles is 1. The van der Waals surface area contributed by atoms with Crippen molar-refractivity contribution in [2.75, 3.05) is 6.54 Å². The van der Waals surface area contributed by atoms with E-state index in [1.54, 1.807) is 0 Å². The van der Waals surface area contributed by atoms with Crippen LogP contribution < -0.4 is 10.6 Å². The van der Waals surface area contributed by atoms with Crippen molar-refractivity contribution >= 4 is 24.3 Å². The quantitative estimate of drug-likeness (QED) is 0.150. The molecule has 1 fully saturated rings. The van der Waals surface area contributed by atoms with E-state index in [4.69, 9.17) is 4.98 Å². The Kier molecular flexibility index (Phi) is 8.37. The number of ketones is 1. The van der Waals surface area contributed by atoms with Crippen LogP contribution in [0.5, 0.6) is 0 Å². The number of hydrogen-bond donors (Lipinski definition) is 5. The normalized spacial score (nSPS) is 23.1. The number of aromatic nitrogens is 5. The summed E-state index contributed by atoms with van der Waals surface area (Å²) in [7, 11) is 0. The molecule has 3 aromatic heterocycles. The van der Waals surface area contributed by atoms with Crippen molar-refractivity contribution in [1.82, 2.24) is 35.1 Å². The standard InChI is InChI=1S/C36H34N8O3.ClH/c37-15-20-13-28(38-16-20)35-40-18-30(42-35)24-7-3-22(4-8-24)21-1-5-23(6-2-21)29-17-39-34(41-29)26-14-31(45)32-27(43-36(46)47)10-9-25-11-12-44(19-26)33(25)32;/h1-8,11-12,17-18,20,26-28,32,38,43H,9-10,13-14,16,19H2,(H,39,41)(H,40,42)(H,46,47);1H/t20-,26+,27+,28+,32?;/m1./s1. The zero-order valence-corrected chi connectivity index (χ0v) is 26.8. The molecule has 1 amide bonds. The minimum atomic E-state index is -1.10. The summed E-state index contributed by atoms with van der Waals surface area (Å²) in [6.07, 6.45) is 7.02. The second kappa shape index (κ2) is 12.8. The average molecular weight is 663 g/mol. The van der Waals surface area contributed by atoms with Gasteiger partial charge >= 0.3 is 6.09 Å². The summed E-state index contributed by atoms with van der Waals surface area (Å²) in [6, 6.07) is 20.7. The fourth-order valence-electron chi connectivity index (χ4n) is 7.57. The number of nitrogens with one attached hydrogen (secondary N) is 4. The van der Waals surface area contributed by atoms with Crippen LogP contribution in [0.1, 0.15) is 60.0 Å². The molecule has 2 aliphatic heterocycles. The summed E-state index contributed by atoms with van der Waals surface area (Å²) < 4.78 is 2.12. The molecule has 11 nitrogen and oxygen atoms in total. The molecule has 8 rings (SSSR count). The third-order valence-electron chi connectivity index (χ3n) is 9.98. The molecule has 1 unspecified atom stereocenters. The number of amides is 1. The molecule has 244 valence electrons. The molecule has 2 aromatic carbocycles. The van der Waals surface area contributed by atoms with Crippen molar-refractivity contribution in [1.29, 1.82) is 5.26 Å². The number of Topliss-reactive ketones (excluding diaryl/α,β-unsaturated/α-hetero) is 1. The molecule has 0 bridgehead atoms. The first kappa shape index (κ1) is 31.4. The predicted octanol–water partition coefficient (Wildman–Crippen LogP) is 5.95. The Morgan fingerprint density at radius 3 is 2.19 bits per heavy atom. The highest BCUT2D eigenvalue weighted by Gasteiger charge is 2.41. The van der Waals surface area contributed by atoms with Gasteiger partial charge in [0, 0.05) is 43.4 Å². The second-order valence-corrected chi connectivity index (χ2v) is 12.9. The third-order valence-corrected chi connectivity index (χ3v) is 9.98. The molecule has 12 heteroatoms. The third kappa shape index (κ3) is 5.78. The molecular formula is C36H35ClN8O3. The minimum absolute atomic E-state index is 0. The summed E-state index contributed by atoms with van der Waals surface area (Å²) in [4.78, 5) is 41.2. The van der Waals surface area contributed by atoms with Gasteiger partial charge in [-0.1, -0.05) is 48.5 Å². The summed E-state index contributed by atoms with van der Waals surface area (Å²) in [5, 5.41) is 24.5. The number of H-pyrrole nitrogens is 2. The lowest BCUT2D eigenvalue weighted by molar-refractivity contribution is -0.121. The van der Waals surface area contributed by atoms with Gasteiger partial charge < -0.3 is 30.3 Å². The SMILES string of the molecule is Cl.N#C[C@@H]1CN[C@H](c2ncc(-c3ccc(-c4ccc(-c5cnc([C@H]6CC(=O)C7c8c(ccn8C6)CC[C@@H]7NC(=O)O)[nH]5)cc4)cc3)[nH]2)C1. The first-order valence-electron chi connectivity index (χ1n) is 16.1. The van der Waals surface area contributed by atoms with Gasteiger partial charge in [0.2, 0.25) is 0 Å². The van der Waals surface area contributed by atoms with E-state index in [-0.39, 0.29) is 36.1 Å². The highest BCUT2D eigenvalue weighted by molar-refractivity contribution is 5.88. The van der Waals surface area contributed by atoms with Crippen LogP contribution in [-0.4, -0.2) is 54.1 Å². The molecule has 5 aromatic rings. The number of rotatable bonds is 6. The van der Waals surface area contributed by atoms with E-state index >= 15 is 0 Å². The maximum absolute atomic E-state index is 13.6. The number of benzene rings is 2. The number of carbonyl (C=O) groups is 2. The number of carbonyl (C=O) groups excluding carboxylic acids is 1. The molecule has 48 heavy (non-hydrogen) atoms. The largest absolute Gasteiger partial charge is 0.465 e. The monoisotopic (exact) mass is 662 g/mol. The van der Waals surface area contributed by atoms with E-state index in [1.807, 2.05) is 18.6 Å². The van der Waals surface area contributed by atoms with Crippen molar-refractivity contribution in [2.45, 2.75) is 56.1 Å². The summed E-state index contributed by atoms with van der Waals surface area (Å²) in [6.45, 7) is 1.30. The first-order chi connectivity index (χ1) is 22.9. The number of carboxylic acid groups (broad SMARTS) is 1. The van der Waals surface area contributed by atoms with E-state index < -0.39 is 18.1 Å². The summed E-state index contributed by atoms with van der Waals surface area (Å²) >= 11 is 0. The van der Waals surface area contributed by atoms with Crippen LogP contribution in [0.15, 0.2) is 73.2 Å². The van der Waals surface area contributed by atoms with Gasteiger partial charge in [0.05, 0.1) is 47.7 Å². The van der Waals surface area contributed by atoms with Gasteiger partial charge in [-0.05, 0) is 53.1 Å². The van der Waals surface area contributed by atoms with E-state index in [0.717, 1.165) is 69.4 Å². The Bertz CT molecular complexity index is 2010. The van der Waals surface area contributed by atoms with E-state index in [9.17, 15) is 20.0 Å². The molecule has 5 N–H and O–H groups in total. The number of aryl methyl sites for hydroxylation is 1. The van der Waals surface area contributed by atoms with Gasteiger partial charge in [0.1, 0.15) is 17.4 Å². The fraction of sp³-hybridized carbons (Fsp3) is 0.306. The Labute approximate surface area is 283 Å². The number of imidazole rings is 2. The van der Waals surface area contributed by atoms with E-state index in [0.29, 0.717) is 25.9 Å². The van der Waals surface area contributed by atoms with Crippen molar-refractivity contribution in [2.24, 2.45) is 5.92 Å². The molecule has 5 atom stereocenters. The van der Waals surface area contributed by atoms with Crippen LogP contribution in [-0.2, 0) is 17.8 Å². The van der Waals surface area contributed by atoms with Gasteiger partial charge in [-0.2, -0.15) is 5.26 Å². The van der Waals surface area contributed by atoms with Crippen molar-refractivity contribution < 1.29 is 14.7 Å². The van der Waals surface area contributed by atoms with Gasteiger partial charge in [-0.15, -0.1) is 12.4 Å². The van der Waals surface area contributed by atoms with Crippen molar-refractivity contribution in [3.05, 3.63) is 96.1 Å². The molecular weight excluding hydrogens is 628 g/mol. The minimum Gasteiger partial charge on any atom is -0.465 e. The molecule has 0 radical (unpaired) electrons. The highest BCUT2D eigenvalue weighted by Crippen LogP contribution is 2.40. The van der Waals surface area contributed by atoms with Crippen LogP contribution in [0.2, 0.25) is 0 Å². The fourth-order valence-corrected chi connectivity index (χ4v) is 7.57. The maximum atomic E-state index is 13.6. The van der Waals surface area contributed by atoms with E-state index in [2.05, 4.69) is 90.8 Å². The zero-order chi connectivity index (χ0) is 32.1. The Balaban J connectivity index is 0.00000364. The van der Waals surface area contributed by atoms with Gasteiger partial charge in [0.25, 0.3) is 0 Å². The van der Waals surface area contributed by atoms with E-state index in [1.165, 1.54) is 0 Å². The Hall–Kier alpha value is -5.18. The van der Waals surface area contributed by atoms with Crippen LogP contribution in [0.25, 0.3) is 33.6 Å². The lowest BCUT2D eigenvalue weighted by Crippen LogP contribution is -2.44. The van der Waals surface area contributed by atoms with Gasteiger partial charge in [-0.25, -0.2) is 14.8 Å². The molecule has 1 saturated heterocycles. The molecule has 0 spiro atoms. The van der Waals surface area contributed by atoms with Crippen LogP contribution in [0, 0.1) is 17.2 Å². The van der Waals surface area contributed by atoms with Crippen molar-refractivity contribution in [3.63, 3.8) is 0 Å². The highest BCUT2D eigenvalue weighted by atomic mass is 35.5. The average Bonchev–Trinajstić information content (AvgIpc) is 3.90. The van der Waals surface area contributed by atoms with Crippen molar-refractivity contribution in [3.8, 4) is 39.7 Å². The predicted molar refractivity (Wildman–Crippen MR) is 182 cm³/mol. The van der Waals surface area contributed by atoms with Crippen LogP contribution in [0.4, 0.5) is 4.79 Å². The number of hydrogen-bond acceptors (Lipinski definition) is 6. The first-order valence-corrected chi connectivity index (χ1v) is 16.1.